The van der Waals surface area contributed by atoms with Crippen molar-refractivity contribution in [2.45, 2.75) is 38.5 Å². The van der Waals surface area contributed by atoms with Crippen LogP contribution in [0.3, 0.4) is 0 Å². The number of rotatable bonds is 2. The summed E-state index contributed by atoms with van der Waals surface area (Å²) in [6.45, 7) is 7.89. The summed E-state index contributed by atoms with van der Waals surface area (Å²) in [6.07, 6.45) is 0.984. The number of hydrazine groups is 1. The van der Waals surface area contributed by atoms with Gasteiger partial charge in [0.15, 0.2) is 0 Å². The first-order chi connectivity index (χ1) is 8.00. The lowest BCUT2D eigenvalue weighted by Gasteiger charge is -2.20. The molecule has 1 saturated heterocycles. The number of anilines is 1. The number of hydrogen-bond acceptors (Lipinski definition) is 5. The molecule has 94 valence electrons. The first kappa shape index (κ1) is 12.3. The van der Waals surface area contributed by atoms with Crippen molar-refractivity contribution < 1.29 is 4.74 Å². The summed E-state index contributed by atoms with van der Waals surface area (Å²) in [7, 11) is 0. The smallest absolute Gasteiger partial charge is 0.143 e. The minimum Gasteiger partial charge on any atom is -0.381 e. The quantitative estimate of drug-likeness (QED) is 0.602. The molecule has 1 aliphatic heterocycles. The van der Waals surface area contributed by atoms with Gasteiger partial charge in [-0.05, 0) is 6.42 Å². The van der Waals surface area contributed by atoms with Crippen LogP contribution < -0.4 is 11.3 Å². The third-order valence-corrected chi connectivity index (χ3v) is 2.95. The van der Waals surface area contributed by atoms with Gasteiger partial charge in [-0.3, -0.25) is 0 Å². The van der Waals surface area contributed by atoms with Crippen LogP contribution >= 0.6 is 0 Å². The summed E-state index contributed by atoms with van der Waals surface area (Å²) < 4.78 is 5.38. The zero-order valence-electron chi connectivity index (χ0n) is 10.7. The summed E-state index contributed by atoms with van der Waals surface area (Å²) in [5.41, 5.74) is 3.60. The third kappa shape index (κ3) is 2.73. The third-order valence-electron chi connectivity index (χ3n) is 2.95. The Bertz CT molecular complexity index is 394. The van der Waals surface area contributed by atoms with E-state index < -0.39 is 0 Å². The molecule has 17 heavy (non-hydrogen) atoms. The fourth-order valence-electron chi connectivity index (χ4n) is 1.84. The Labute approximate surface area is 102 Å². The second kappa shape index (κ2) is 4.58. The van der Waals surface area contributed by atoms with E-state index in [4.69, 9.17) is 10.6 Å². The molecule has 1 unspecified atom stereocenters. The van der Waals surface area contributed by atoms with E-state index in [1.807, 2.05) is 6.07 Å². The highest BCUT2D eigenvalue weighted by atomic mass is 16.5. The van der Waals surface area contributed by atoms with Gasteiger partial charge in [-0.1, -0.05) is 20.8 Å². The average Bonchev–Trinajstić information content (AvgIpc) is 2.80. The van der Waals surface area contributed by atoms with E-state index >= 15 is 0 Å². The second-order valence-corrected chi connectivity index (χ2v) is 5.45. The molecular weight excluding hydrogens is 216 g/mol. The number of aromatic nitrogens is 2. The Morgan fingerprint density at radius 3 is 2.71 bits per heavy atom. The number of nitrogen functional groups attached to an aromatic ring is 1. The van der Waals surface area contributed by atoms with E-state index in [1.165, 1.54) is 0 Å². The molecule has 0 saturated carbocycles. The minimum atomic E-state index is -0.0112. The van der Waals surface area contributed by atoms with Crippen LogP contribution in [-0.4, -0.2) is 23.2 Å². The summed E-state index contributed by atoms with van der Waals surface area (Å²) in [5.74, 6) is 7.26. The van der Waals surface area contributed by atoms with Crippen molar-refractivity contribution >= 4 is 5.82 Å². The molecule has 0 bridgehead atoms. The van der Waals surface area contributed by atoms with Crippen LogP contribution in [0.25, 0.3) is 0 Å². The topological polar surface area (TPSA) is 73.1 Å². The van der Waals surface area contributed by atoms with Crippen molar-refractivity contribution in [1.29, 1.82) is 0 Å². The number of nitrogens with zero attached hydrogens (tertiary/aromatic N) is 2. The molecule has 5 nitrogen and oxygen atoms in total. The van der Waals surface area contributed by atoms with E-state index in [9.17, 15) is 0 Å². The first-order valence-electron chi connectivity index (χ1n) is 5.94. The van der Waals surface area contributed by atoms with Crippen molar-refractivity contribution in [3.05, 3.63) is 17.6 Å². The Hall–Kier alpha value is -1.20. The highest BCUT2D eigenvalue weighted by Gasteiger charge is 2.24. The monoisotopic (exact) mass is 236 g/mol. The lowest BCUT2D eigenvalue weighted by Crippen LogP contribution is -2.19. The average molecular weight is 236 g/mol. The molecule has 1 aromatic heterocycles. The van der Waals surface area contributed by atoms with Crippen LogP contribution in [-0.2, 0) is 10.2 Å². The van der Waals surface area contributed by atoms with Crippen molar-refractivity contribution in [2.75, 3.05) is 18.6 Å². The SMILES string of the molecule is CC(C)(C)c1cc(NN)nc(C2CCOC2)n1. The lowest BCUT2D eigenvalue weighted by atomic mass is 9.91. The van der Waals surface area contributed by atoms with Crippen LogP contribution in [0.1, 0.15) is 44.6 Å². The second-order valence-electron chi connectivity index (χ2n) is 5.45. The molecule has 0 amide bonds. The standard InChI is InChI=1S/C12H20N4O/c1-12(2,3)9-6-10(16-13)15-11(14-9)8-4-5-17-7-8/h6,8H,4-5,7,13H2,1-3H3,(H,14,15,16). The Morgan fingerprint density at radius 2 is 2.18 bits per heavy atom. The van der Waals surface area contributed by atoms with Crippen LogP contribution in [0.4, 0.5) is 5.82 Å². The Morgan fingerprint density at radius 1 is 1.41 bits per heavy atom. The van der Waals surface area contributed by atoms with Gasteiger partial charge in [-0.15, -0.1) is 0 Å². The molecule has 2 heterocycles. The molecule has 3 N–H and O–H groups in total. The van der Waals surface area contributed by atoms with Gasteiger partial charge >= 0.3 is 0 Å². The van der Waals surface area contributed by atoms with Gasteiger partial charge in [-0.25, -0.2) is 15.8 Å². The van der Waals surface area contributed by atoms with Crippen LogP contribution in [0.2, 0.25) is 0 Å². The van der Waals surface area contributed by atoms with Gasteiger partial charge in [0.2, 0.25) is 0 Å². The molecule has 0 spiro atoms. The number of hydrogen-bond donors (Lipinski definition) is 2. The van der Waals surface area contributed by atoms with Crippen molar-refractivity contribution in [2.24, 2.45) is 5.84 Å². The van der Waals surface area contributed by atoms with Gasteiger partial charge in [0.1, 0.15) is 11.6 Å². The molecular formula is C12H20N4O. The normalized spacial score (nSPS) is 20.6. The summed E-state index contributed by atoms with van der Waals surface area (Å²) in [4.78, 5) is 9.07. The molecule has 0 radical (unpaired) electrons. The van der Waals surface area contributed by atoms with E-state index in [2.05, 4.69) is 36.2 Å². The van der Waals surface area contributed by atoms with E-state index in [-0.39, 0.29) is 5.41 Å². The fraction of sp³-hybridized carbons (Fsp3) is 0.667. The number of nitrogens with one attached hydrogen (secondary N) is 1. The first-order valence-corrected chi connectivity index (χ1v) is 5.94. The molecule has 1 aliphatic rings. The van der Waals surface area contributed by atoms with Gasteiger partial charge in [0, 0.05) is 24.0 Å². The van der Waals surface area contributed by atoms with Crippen LogP contribution in [0, 0.1) is 0 Å². The zero-order valence-corrected chi connectivity index (χ0v) is 10.7. The Balaban J connectivity index is 2.38. The number of ether oxygens (including phenoxy) is 1. The minimum absolute atomic E-state index is 0.0112. The van der Waals surface area contributed by atoms with E-state index in [0.29, 0.717) is 18.3 Å². The highest BCUT2D eigenvalue weighted by Crippen LogP contribution is 2.27. The maximum Gasteiger partial charge on any atom is 0.143 e. The molecule has 0 aliphatic carbocycles. The predicted octanol–water partition coefficient (Wildman–Crippen LogP) is 1.56. The maximum atomic E-state index is 5.46. The molecule has 1 aromatic rings. The predicted molar refractivity (Wildman–Crippen MR) is 66.7 cm³/mol. The van der Waals surface area contributed by atoms with Gasteiger partial charge in [0.25, 0.3) is 0 Å². The Kier molecular flexibility index (Phi) is 3.31. The highest BCUT2D eigenvalue weighted by molar-refractivity contribution is 5.37. The van der Waals surface area contributed by atoms with Crippen LogP contribution in [0.15, 0.2) is 6.07 Å². The largest absolute Gasteiger partial charge is 0.381 e. The van der Waals surface area contributed by atoms with Gasteiger partial charge in [0.05, 0.1) is 12.3 Å². The fourth-order valence-corrected chi connectivity index (χ4v) is 1.84. The lowest BCUT2D eigenvalue weighted by molar-refractivity contribution is 0.193. The van der Waals surface area contributed by atoms with Gasteiger partial charge in [-0.2, -0.15) is 0 Å². The van der Waals surface area contributed by atoms with E-state index in [0.717, 1.165) is 24.5 Å². The molecule has 5 heteroatoms. The summed E-state index contributed by atoms with van der Waals surface area (Å²) in [5, 5.41) is 0. The molecule has 1 atom stereocenters. The van der Waals surface area contributed by atoms with Crippen LogP contribution in [0.5, 0.6) is 0 Å². The molecule has 1 fully saturated rings. The molecule has 2 rings (SSSR count). The zero-order chi connectivity index (χ0) is 12.5. The molecule has 0 aromatic carbocycles. The van der Waals surface area contributed by atoms with Crippen molar-refractivity contribution in [3.63, 3.8) is 0 Å². The van der Waals surface area contributed by atoms with Crippen molar-refractivity contribution in [1.82, 2.24) is 9.97 Å². The van der Waals surface area contributed by atoms with E-state index in [1.54, 1.807) is 0 Å². The van der Waals surface area contributed by atoms with Crippen molar-refractivity contribution in [3.8, 4) is 0 Å². The summed E-state index contributed by atoms with van der Waals surface area (Å²) in [6, 6.07) is 1.90. The summed E-state index contributed by atoms with van der Waals surface area (Å²) >= 11 is 0. The maximum absolute atomic E-state index is 5.46. The van der Waals surface area contributed by atoms with Gasteiger partial charge < -0.3 is 10.2 Å². The number of nitrogens with two attached hydrogens (primary N) is 1.